The van der Waals surface area contributed by atoms with E-state index in [1.807, 2.05) is 13.8 Å². The minimum Gasteiger partial charge on any atom is -0.344 e. The Hall–Kier alpha value is -0.0551. The van der Waals surface area contributed by atoms with E-state index in [0.717, 1.165) is 6.04 Å². The van der Waals surface area contributed by atoms with Gasteiger partial charge in [-0.1, -0.05) is 21.3 Å². The molecule has 1 aliphatic heterocycles. The molecule has 4 heteroatoms. The first-order chi connectivity index (χ1) is 4.80. The molecular formula is C10H31BN3. The van der Waals surface area contributed by atoms with Crippen LogP contribution in [-0.4, -0.2) is 32.4 Å². The molecule has 14 heavy (non-hydrogen) atoms. The minimum absolute atomic E-state index is 0. The maximum atomic E-state index is 2.53. The molecule has 0 aromatic rings. The number of nitrogens with zero attached hydrogens (tertiary/aromatic N) is 1. The normalized spacial score (nSPS) is 13.5. The zero-order valence-corrected chi connectivity index (χ0v) is 9.84. The second-order valence-electron chi connectivity index (χ2n) is 2.84. The summed E-state index contributed by atoms with van der Waals surface area (Å²) < 4.78 is 0. The average molecular weight is 204 g/mol. The van der Waals surface area contributed by atoms with E-state index in [1.165, 1.54) is 25.9 Å². The molecule has 3 radical (unpaired) electrons. The van der Waals surface area contributed by atoms with E-state index in [9.17, 15) is 0 Å². The Labute approximate surface area is 93.4 Å². The third-order valence-corrected chi connectivity index (χ3v) is 1.87. The van der Waals surface area contributed by atoms with Crippen molar-refractivity contribution in [1.82, 2.24) is 17.2 Å². The third kappa shape index (κ3) is 11.9. The van der Waals surface area contributed by atoms with Gasteiger partial charge in [-0.2, -0.15) is 0 Å². The van der Waals surface area contributed by atoms with Gasteiger partial charge in [-0.15, -0.1) is 0 Å². The van der Waals surface area contributed by atoms with E-state index >= 15 is 0 Å². The molecule has 1 aliphatic rings. The van der Waals surface area contributed by atoms with Crippen LogP contribution in [0.15, 0.2) is 0 Å². The molecule has 1 fully saturated rings. The molecule has 1 rings (SSSR count). The van der Waals surface area contributed by atoms with E-state index in [2.05, 4.69) is 18.7 Å². The Morgan fingerprint density at radius 2 is 1.21 bits per heavy atom. The number of likely N-dealkylation sites (tertiary alicyclic amines) is 1. The van der Waals surface area contributed by atoms with Crippen LogP contribution in [0.3, 0.4) is 0 Å². The molecule has 0 aromatic heterocycles. The lowest BCUT2D eigenvalue weighted by atomic mass is 10.3. The highest BCUT2D eigenvalue weighted by molar-refractivity contribution is 5.75. The van der Waals surface area contributed by atoms with Crippen molar-refractivity contribution in [2.45, 2.75) is 54.0 Å². The molecule has 6 N–H and O–H groups in total. The van der Waals surface area contributed by atoms with Crippen molar-refractivity contribution in [2.24, 2.45) is 0 Å². The highest BCUT2D eigenvalue weighted by Crippen LogP contribution is 2.09. The highest BCUT2D eigenvalue weighted by Gasteiger charge is 2.13. The fourth-order valence-electron chi connectivity index (χ4n) is 1.26. The maximum absolute atomic E-state index is 2.53. The van der Waals surface area contributed by atoms with Crippen molar-refractivity contribution in [1.29, 1.82) is 0 Å². The summed E-state index contributed by atoms with van der Waals surface area (Å²) in [6.07, 6.45) is 2.83. The lowest BCUT2D eigenvalue weighted by molar-refractivity contribution is 0.276. The van der Waals surface area contributed by atoms with Gasteiger partial charge in [0.15, 0.2) is 0 Å². The molecular weight excluding hydrogens is 173 g/mol. The van der Waals surface area contributed by atoms with Crippen molar-refractivity contribution < 1.29 is 0 Å². The molecule has 0 aromatic carbocycles. The SMILES string of the molecule is C.CC.CC(C)N1CCCC1.N.N.[B]. The first kappa shape index (κ1) is 29.2. The monoisotopic (exact) mass is 204 g/mol. The molecule has 1 saturated heterocycles. The van der Waals surface area contributed by atoms with Gasteiger partial charge in [0.2, 0.25) is 0 Å². The summed E-state index contributed by atoms with van der Waals surface area (Å²) in [5.74, 6) is 0. The quantitative estimate of drug-likeness (QED) is 0.644. The topological polar surface area (TPSA) is 73.2 Å². The van der Waals surface area contributed by atoms with Gasteiger partial charge in [0.25, 0.3) is 0 Å². The summed E-state index contributed by atoms with van der Waals surface area (Å²) in [5, 5.41) is 0. The molecule has 0 atom stereocenters. The van der Waals surface area contributed by atoms with E-state index in [0.29, 0.717) is 0 Å². The first-order valence-corrected chi connectivity index (χ1v) is 4.55. The average Bonchev–Trinajstić information content (AvgIpc) is 2.42. The molecule has 0 bridgehead atoms. The summed E-state index contributed by atoms with van der Waals surface area (Å²) in [6, 6.07) is 0.775. The van der Waals surface area contributed by atoms with Gasteiger partial charge < -0.3 is 17.2 Å². The van der Waals surface area contributed by atoms with Gasteiger partial charge in [-0.25, -0.2) is 0 Å². The van der Waals surface area contributed by atoms with Crippen molar-refractivity contribution >= 4 is 8.41 Å². The van der Waals surface area contributed by atoms with Crippen LogP contribution < -0.4 is 12.3 Å². The summed E-state index contributed by atoms with van der Waals surface area (Å²) in [7, 11) is 0. The highest BCUT2D eigenvalue weighted by atomic mass is 15.2. The van der Waals surface area contributed by atoms with Gasteiger partial charge in [0.05, 0.1) is 0 Å². The molecule has 0 amide bonds. The molecule has 0 spiro atoms. The van der Waals surface area contributed by atoms with E-state index < -0.39 is 0 Å². The summed E-state index contributed by atoms with van der Waals surface area (Å²) in [4.78, 5) is 2.53. The van der Waals surface area contributed by atoms with Crippen molar-refractivity contribution in [3.8, 4) is 0 Å². The van der Waals surface area contributed by atoms with Crippen LogP contribution in [-0.2, 0) is 0 Å². The van der Waals surface area contributed by atoms with Crippen molar-refractivity contribution in [3.05, 3.63) is 0 Å². The van der Waals surface area contributed by atoms with E-state index in [1.54, 1.807) is 0 Å². The fraction of sp³-hybridized carbons (Fsp3) is 1.00. The first-order valence-electron chi connectivity index (χ1n) is 4.55. The Kier molecular flexibility index (Phi) is 39.0. The summed E-state index contributed by atoms with van der Waals surface area (Å²) in [5.41, 5.74) is 0. The lowest BCUT2D eigenvalue weighted by Crippen LogP contribution is -2.26. The number of hydrogen-bond donors (Lipinski definition) is 2. The van der Waals surface area contributed by atoms with Gasteiger partial charge in [-0.3, -0.25) is 0 Å². The molecule has 1 heterocycles. The Balaban J connectivity index is -0.0000000425. The maximum Gasteiger partial charge on any atom is 0.00385 e. The van der Waals surface area contributed by atoms with Gasteiger partial charge in [0, 0.05) is 14.5 Å². The summed E-state index contributed by atoms with van der Waals surface area (Å²) >= 11 is 0. The lowest BCUT2D eigenvalue weighted by Gasteiger charge is -2.18. The van der Waals surface area contributed by atoms with Crippen LogP contribution in [0.5, 0.6) is 0 Å². The number of hydrogen-bond acceptors (Lipinski definition) is 3. The van der Waals surface area contributed by atoms with Crippen LogP contribution in [0.4, 0.5) is 0 Å². The molecule has 3 nitrogen and oxygen atoms in total. The Morgan fingerprint density at radius 1 is 0.929 bits per heavy atom. The molecule has 0 unspecified atom stereocenters. The predicted octanol–water partition coefficient (Wildman–Crippen LogP) is 3.10. The van der Waals surface area contributed by atoms with Crippen molar-refractivity contribution in [3.63, 3.8) is 0 Å². The number of rotatable bonds is 1. The van der Waals surface area contributed by atoms with Crippen LogP contribution in [0.25, 0.3) is 0 Å². The van der Waals surface area contributed by atoms with Crippen LogP contribution in [0.2, 0.25) is 0 Å². The van der Waals surface area contributed by atoms with Gasteiger partial charge >= 0.3 is 0 Å². The van der Waals surface area contributed by atoms with E-state index in [-0.39, 0.29) is 28.1 Å². The second kappa shape index (κ2) is 18.7. The molecule has 0 aliphatic carbocycles. The van der Waals surface area contributed by atoms with Crippen molar-refractivity contribution in [2.75, 3.05) is 13.1 Å². The van der Waals surface area contributed by atoms with Gasteiger partial charge in [0.1, 0.15) is 0 Å². The zero-order chi connectivity index (χ0) is 7.98. The Morgan fingerprint density at radius 3 is 1.36 bits per heavy atom. The van der Waals surface area contributed by atoms with Crippen LogP contribution in [0.1, 0.15) is 48.0 Å². The van der Waals surface area contributed by atoms with Crippen LogP contribution in [0, 0.1) is 0 Å². The smallest absolute Gasteiger partial charge is 0.00385 e. The standard InChI is InChI=1S/C7H15N.C2H6.CH4.B.2H3N/c1-7(2)8-5-3-4-6-8;1-2;;;;/h7H,3-6H2,1-2H3;1-2H3;1H4;;2*1H3. The van der Waals surface area contributed by atoms with Crippen LogP contribution >= 0.6 is 0 Å². The van der Waals surface area contributed by atoms with Gasteiger partial charge in [-0.05, 0) is 39.8 Å². The molecule has 0 saturated carbocycles. The second-order valence-corrected chi connectivity index (χ2v) is 2.84. The Bertz CT molecular complexity index is 73.8. The molecule has 89 valence electrons. The summed E-state index contributed by atoms with van der Waals surface area (Å²) in [6.45, 7) is 11.2. The zero-order valence-electron chi connectivity index (χ0n) is 9.84. The predicted molar refractivity (Wildman–Crippen MR) is 69.8 cm³/mol. The third-order valence-electron chi connectivity index (χ3n) is 1.87. The largest absolute Gasteiger partial charge is 0.344 e. The van der Waals surface area contributed by atoms with E-state index in [4.69, 9.17) is 0 Å². The minimum atomic E-state index is 0. The fourth-order valence-corrected chi connectivity index (χ4v) is 1.26.